The zero-order valence-corrected chi connectivity index (χ0v) is 39.8. The molecule has 4 amide bonds. The Morgan fingerprint density at radius 1 is 0.706 bits per heavy atom. The first-order chi connectivity index (χ1) is 32.3. The van der Waals surface area contributed by atoms with Gasteiger partial charge in [0.15, 0.2) is 23.1 Å². The van der Waals surface area contributed by atoms with Gasteiger partial charge in [-0.05, 0) is 100 Å². The molecule has 0 saturated carbocycles. The summed E-state index contributed by atoms with van der Waals surface area (Å²) >= 11 is 0. The number of oxime groups is 2. The van der Waals surface area contributed by atoms with Gasteiger partial charge in [-0.2, -0.15) is 0 Å². The molecule has 2 aromatic heterocycles. The van der Waals surface area contributed by atoms with E-state index >= 15 is 0 Å². The zero-order chi connectivity index (χ0) is 47.6. The highest BCUT2D eigenvalue weighted by Gasteiger charge is 2.35. The first-order valence-corrected chi connectivity index (χ1v) is 22.3. The highest BCUT2D eigenvalue weighted by atomic mass is 35.5. The van der Waals surface area contributed by atoms with E-state index in [-0.39, 0.29) is 84.4 Å². The topological polar surface area (TPSA) is 207 Å². The van der Waals surface area contributed by atoms with Crippen LogP contribution in [-0.4, -0.2) is 126 Å². The average molecular weight is 962 g/mol. The number of nitrogens with one attached hydrogen (secondary N) is 3. The number of carbonyl (C=O) groups is 3. The summed E-state index contributed by atoms with van der Waals surface area (Å²) in [4.78, 5) is 70.0. The highest BCUT2D eigenvalue weighted by Crippen LogP contribution is 2.31. The average Bonchev–Trinajstić information content (AvgIpc) is 4.05. The first kappa shape index (κ1) is 50.9. The number of nitrogens with zero attached hydrogens (tertiary/aromatic N) is 8. The summed E-state index contributed by atoms with van der Waals surface area (Å²) < 4.78 is 37.2. The minimum Gasteiger partial charge on any atom is -0.494 e. The lowest BCUT2D eigenvalue weighted by atomic mass is 9.88. The van der Waals surface area contributed by atoms with Crippen molar-refractivity contribution in [2.45, 2.75) is 77.7 Å². The SMILES string of the molecule is COc1cc(CNC(=O)c2cc(C3=NOC(C4CCN(C(=O)N(C)C)CC4)C3)nc(C)n2)ccc1F.COc1cc(CNC(=O)c2cc(C3=NOC(C4CCNCC4)C3)nc(C)n2)ccc1F.Cl. The van der Waals surface area contributed by atoms with Crippen LogP contribution in [0, 0.1) is 37.3 Å². The maximum atomic E-state index is 13.6. The number of aromatic nitrogens is 4. The Labute approximate surface area is 400 Å². The van der Waals surface area contributed by atoms with Crippen molar-refractivity contribution in [1.82, 2.24) is 45.7 Å². The Morgan fingerprint density at radius 2 is 1.15 bits per heavy atom. The maximum absolute atomic E-state index is 13.6. The van der Waals surface area contributed by atoms with Crippen LogP contribution < -0.4 is 25.4 Å². The van der Waals surface area contributed by atoms with Crippen LogP contribution in [0.15, 0.2) is 58.8 Å². The Balaban J connectivity index is 0.000000223. The quantitative estimate of drug-likeness (QED) is 0.160. The number of likely N-dealkylation sites (tertiary alicyclic amines) is 1. The summed E-state index contributed by atoms with van der Waals surface area (Å²) in [6, 6.07) is 12.2. The fraction of sp³-hybridized carbons (Fsp3) is 0.468. The summed E-state index contributed by atoms with van der Waals surface area (Å²) in [5.74, 6) is 0.312. The zero-order valence-electron chi connectivity index (χ0n) is 39.0. The molecule has 3 N–H and O–H groups in total. The monoisotopic (exact) mass is 961 g/mol. The van der Waals surface area contributed by atoms with Gasteiger partial charge >= 0.3 is 6.03 Å². The van der Waals surface area contributed by atoms with E-state index in [0.717, 1.165) is 50.0 Å². The van der Waals surface area contributed by atoms with Gasteiger partial charge in [0.05, 0.1) is 25.6 Å². The van der Waals surface area contributed by atoms with E-state index in [4.69, 9.17) is 19.1 Å². The van der Waals surface area contributed by atoms with Gasteiger partial charge in [-0.25, -0.2) is 33.5 Å². The van der Waals surface area contributed by atoms with Crippen molar-refractivity contribution in [1.29, 1.82) is 0 Å². The molecule has 4 aliphatic heterocycles. The molecule has 0 aliphatic carbocycles. The van der Waals surface area contributed by atoms with E-state index in [2.05, 4.69) is 46.2 Å². The van der Waals surface area contributed by atoms with Crippen LogP contribution in [0.4, 0.5) is 13.6 Å². The normalized spacial score (nSPS) is 18.1. The highest BCUT2D eigenvalue weighted by molar-refractivity contribution is 6.02. The summed E-state index contributed by atoms with van der Waals surface area (Å²) in [5.41, 5.74) is 4.47. The third-order valence-corrected chi connectivity index (χ3v) is 12.1. The molecule has 2 aromatic carbocycles. The second-order valence-corrected chi connectivity index (χ2v) is 17.0. The number of methoxy groups -OCH3 is 2. The van der Waals surface area contributed by atoms with Crippen LogP contribution >= 0.6 is 12.4 Å². The van der Waals surface area contributed by atoms with Gasteiger partial charge in [0.1, 0.15) is 46.7 Å². The number of urea groups is 1. The van der Waals surface area contributed by atoms with E-state index < -0.39 is 11.6 Å². The molecular weight excluding hydrogens is 904 g/mol. The number of carbonyl (C=O) groups excluding carboxylic acids is 3. The van der Waals surface area contributed by atoms with Crippen molar-refractivity contribution in [2.24, 2.45) is 22.1 Å². The summed E-state index contributed by atoms with van der Waals surface area (Å²) in [6.45, 7) is 7.24. The molecule has 2 atom stereocenters. The number of aryl methyl sites for hydroxylation is 2. The molecular formula is C47H58ClF2N11O7. The van der Waals surface area contributed by atoms with E-state index in [9.17, 15) is 23.2 Å². The van der Waals surface area contributed by atoms with Crippen molar-refractivity contribution in [3.8, 4) is 11.5 Å². The van der Waals surface area contributed by atoms with Crippen LogP contribution in [-0.2, 0) is 22.8 Å². The second-order valence-electron chi connectivity index (χ2n) is 17.0. The van der Waals surface area contributed by atoms with Crippen LogP contribution in [0.3, 0.4) is 0 Å². The van der Waals surface area contributed by atoms with Crippen molar-refractivity contribution < 1.29 is 42.3 Å². The van der Waals surface area contributed by atoms with Crippen molar-refractivity contribution in [3.63, 3.8) is 0 Å². The standard InChI is InChI=1S/C25H31FN6O4.C22H26FN5O3.ClH/c1-15-28-19(12-21(29-15)24(33)27-14-16-5-6-18(26)23(11-16)35-4)20-13-22(36-30-20)17-7-9-32(10-8-17)25(34)31(2)3;1-13-26-17(18-11-20(31-28-18)15-5-7-24-8-6-15)10-19(27-13)22(29)25-12-14-3-4-16(23)21(9-14)30-2;/h5-6,11-12,17,22H,7-10,13-14H2,1-4H3,(H,27,33);3-4,9-10,15,20,24H,5-8,11-12H2,1-2H3,(H,25,29);1H. The Hall–Kier alpha value is -6.54. The molecule has 4 aromatic rings. The Kier molecular flexibility index (Phi) is 17.5. The van der Waals surface area contributed by atoms with Gasteiger partial charge < -0.3 is 44.9 Å². The third kappa shape index (κ3) is 12.9. The summed E-state index contributed by atoms with van der Waals surface area (Å²) in [5, 5.41) is 17.5. The number of hydrogen-bond acceptors (Lipinski definition) is 14. The van der Waals surface area contributed by atoms with Gasteiger partial charge in [-0.1, -0.05) is 22.4 Å². The molecule has 68 heavy (non-hydrogen) atoms. The fourth-order valence-corrected chi connectivity index (χ4v) is 8.40. The summed E-state index contributed by atoms with van der Waals surface area (Å²) in [6.07, 6.45) is 5.05. The van der Waals surface area contributed by atoms with E-state index in [0.29, 0.717) is 66.2 Å². The molecule has 0 radical (unpaired) electrons. The van der Waals surface area contributed by atoms with E-state index in [1.54, 1.807) is 63.2 Å². The van der Waals surface area contributed by atoms with Crippen molar-refractivity contribution in [2.75, 3.05) is 54.5 Å². The minimum absolute atomic E-state index is 0. The van der Waals surface area contributed by atoms with Gasteiger partial charge in [-0.3, -0.25) is 9.59 Å². The smallest absolute Gasteiger partial charge is 0.319 e. The lowest BCUT2D eigenvalue weighted by Gasteiger charge is -2.35. The van der Waals surface area contributed by atoms with Crippen molar-refractivity contribution >= 4 is 41.7 Å². The molecule has 2 fully saturated rings. The number of ether oxygens (including phenoxy) is 2. The molecule has 6 heterocycles. The molecule has 364 valence electrons. The predicted octanol–water partition coefficient (Wildman–Crippen LogP) is 5.53. The Morgan fingerprint density at radius 3 is 1.57 bits per heavy atom. The lowest BCUT2D eigenvalue weighted by molar-refractivity contribution is 0.0171. The van der Waals surface area contributed by atoms with E-state index in [1.165, 1.54) is 32.4 Å². The van der Waals surface area contributed by atoms with Crippen LogP contribution in [0.5, 0.6) is 11.5 Å². The third-order valence-electron chi connectivity index (χ3n) is 12.1. The van der Waals surface area contributed by atoms with Crippen LogP contribution in [0.25, 0.3) is 0 Å². The molecule has 21 heteroatoms. The second kappa shape index (κ2) is 23.5. The van der Waals surface area contributed by atoms with Crippen molar-refractivity contribution in [3.05, 3.63) is 106 Å². The molecule has 2 saturated heterocycles. The molecule has 4 aliphatic rings. The number of piperidine rings is 2. The van der Waals surface area contributed by atoms with Gasteiger partial charge in [-0.15, -0.1) is 12.4 Å². The largest absolute Gasteiger partial charge is 0.494 e. The number of amides is 4. The number of benzene rings is 2. The molecule has 2 unspecified atom stereocenters. The van der Waals surface area contributed by atoms with Gasteiger partial charge in [0, 0.05) is 65.0 Å². The predicted molar refractivity (Wildman–Crippen MR) is 250 cm³/mol. The number of hydrogen-bond donors (Lipinski definition) is 3. The van der Waals surface area contributed by atoms with Crippen LogP contribution in [0.1, 0.15) is 93.7 Å². The fourth-order valence-electron chi connectivity index (χ4n) is 8.40. The number of rotatable bonds is 12. The Bertz CT molecular complexity index is 2500. The minimum atomic E-state index is -0.464. The summed E-state index contributed by atoms with van der Waals surface area (Å²) in [7, 11) is 6.30. The molecule has 18 nitrogen and oxygen atoms in total. The molecule has 0 bridgehead atoms. The first-order valence-electron chi connectivity index (χ1n) is 22.3. The molecule has 8 rings (SSSR count). The van der Waals surface area contributed by atoms with E-state index in [1.807, 2.05) is 4.90 Å². The maximum Gasteiger partial charge on any atom is 0.319 e. The van der Waals surface area contributed by atoms with Crippen LogP contribution in [0.2, 0.25) is 0 Å². The lowest BCUT2D eigenvalue weighted by Crippen LogP contribution is -2.45. The number of halogens is 3. The molecule has 0 spiro atoms. The van der Waals surface area contributed by atoms with Gasteiger partial charge in [0.2, 0.25) is 0 Å². The van der Waals surface area contributed by atoms with Gasteiger partial charge in [0.25, 0.3) is 11.8 Å².